The molecule has 123 heavy (non-hydrogen) atoms. The first-order chi connectivity index (χ1) is 57.3. The summed E-state index contributed by atoms with van der Waals surface area (Å²) < 4.78 is 0. The molecule has 12 atom stereocenters. The van der Waals surface area contributed by atoms with Crippen LogP contribution in [0.4, 0.5) is 0 Å². The Balaban J connectivity index is 0.000000102. The molecule has 0 aromatic heterocycles. The molecular weight excluding hydrogens is 1480 g/mol. The van der Waals surface area contributed by atoms with Gasteiger partial charge in [-0.15, -0.1) is 0 Å². The second-order valence-electron chi connectivity index (χ2n) is 61.0. The van der Waals surface area contributed by atoms with Gasteiger partial charge in [-0.3, -0.25) is 0 Å². The van der Waals surface area contributed by atoms with Crippen LogP contribution in [-0.2, 0) is 0 Å². The van der Waals surface area contributed by atoms with E-state index >= 15 is 0 Å². The third kappa shape index (κ3) is 16.9. The molecule has 0 radical (unpaired) electrons. The number of hydrogen-bond acceptors (Lipinski definition) is 0. The Morgan fingerprint density at radius 1 is 0.285 bits per heavy atom. The second-order valence-corrected chi connectivity index (χ2v) is 61.0. The summed E-state index contributed by atoms with van der Waals surface area (Å²) in [4.78, 5) is 0. The summed E-state index contributed by atoms with van der Waals surface area (Å²) in [6.07, 6.45) is 73.9. The van der Waals surface area contributed by atoms with E-state index in [2.05, 4.69) is 208 Å². The molecule has 0 saturated heterocycles. The predicted octanol–water partition coefficient (Wildman–Crippen LogP) is 37.8. The summed E-state index contributed by atoms with van der Waals surface area (Å²) in [7, 11) is 0. The molecular formula is C123H216. The standard InChI is InChI=1S/2C15H26.C14H24.C13H22.C12H20.2C12H22.C11H20.C10H18.C9H16/c1-14(2,3)15(4)12-6-10-5-11(8-12)9-13(15)7-10;1-3-4-5-15(2)13-7-11-6-12(9-13)10-14(15)8-11;1-9(2)14(3)12-5-10-4-11(7-12)8-13(14)6-10;1-3-13(2)11-5-9-4-10(7-11)8-12(13)6-9;1-12(2)10-4-8-3-9(6-10)7-11(12)5-8;1-10(2)9-6-7-12(5,8-9)11(10,3)4;1-10(2)8-9-6-7-12(10,5)11(9,3)4;1-8(2)11(3)7-9-4-5-10(11)6-9;1-3-10(2)7-8-4-5-9(10)6-8;1-9(2)6-7-3-4-8(9)5-7/h10-13H,5-9H2,1-4H3;11-14H,3-10H2,1-2H3;9-13H,4-8H2,1-3H3;9-12H,3-8H2,1-2H3;8-11H,3-7H2,1-2H3;2*9H,6-8H2,1-5H3;8-10H,4-7H2,1-3H3;8-9H,3-7H2,1-2H3;7-8H,3-6H2,1-2H3. The summed E-state index contributed by atoms with van der Waals surface area (Å²) in [5.41, 5.74) is 9.76. The fourth-order valence-corrected chi connectivity index (χ4v) is 42.1. The summed E-state index contributed by atoms with van der Waals surface area (Å²) in [5.74, 6) is 32.6. The minimum Gasteiger partial charge on any atom is -0.0654 e. The van der Waals surface area contributed by atoms with Crippen LogP contribution in [0.25, 0.3) is 0 Å². The average Bonchev–Trinajstić information content (AvgIpc) is 1.65. The Morgan fingerprint density at radius 2 is 0.642 bits per heavy atom. The van der Waals surface area contributed by atoms with Gasteiger partial charge in [-0.05, 0) is 522 Å². The van der Waals surface area contributed by atoms with E-state index in [0.29, 0.717) is 65.0 Å². The van der Waals surface area contributed by atoms with E-state index in [0.717, 1.165) is 194 Å². The third-order valence-corrected chi connectivity index (χ3v) is 53.3. The van der Waals surface area contributed by atoms with Crippen molar-refractivity contribution in [2.75, 3.05) is 0 Å². The van der Waals surface area contributed by atoms with E-state index in [1.807, 2.05) is 0 Å². The van der Waals surface area contributed by atoms with Crippen LogP contribution in [-0.4, -0.2) is 0 Å². The van der Waals surface area contributed by atoms with Crippen LogP contribution in [0.15, 0.2) is 0 Å². The van der Waals surface area contributed by atoms with Crippen LogP contribution in [0.2, 0.25) is 0 Å². The van der Waals surface area contributed by atoms with Gasteiger partial charge >= 0.3 is 0 Å². The van der Waals surface area contributed by atoms with Gasteiger partial charge in [0.2, 0.25) is 0 Å². The molecule has 30 rings (SSSR count). The molecule has 30 aliphatic rings. The fourth-order valence-electron chi connectivity index (χ4n) is 42.1. The molecule has 0 spiro atoms. The predicted molar refractivity (Wildman–Crippen MR) is 533 cm³/mol. The lowest BCUT2D eigenvalue weighted by atomic mass is 9.40. The van der Waals surface area contributed by atoms with Crippen molar-refractivity contribution in [3.05, 3.63) is 0 Å². The van der Waals surface area contributed by atoms with Crippen molar-refractivity contribution in [1.82, 2.24) is 0 Å². The molecule has 30 fully saturated rings. The summed E-state index contributed by atoms with van der Waals surface area (Å²) in [6.45, 7) is 74.5. The van der Waals surface area contributed by atoms with Crippen molar-refractivity contribution in [1.29, 1.82) is 0 Å². The molecule has 708 valence electrons. The molecule has 0 amide bonds. The molecule has 30 saturated carbocycles. The highest BCUT2D eigenvalue weighted by Crippen LogP contribution is 2.76. The van der Waals surface area contributed by atoms with Gasteiger partial charge in [-0.25, -0.2) is 0 Å². The monoisotopic (exact) mass is 1690 g/mol. The van der Waals surface area contributed by atoms with Crippen molar-refractivity contribution in [3.8, 4) is 0 Å². The zero-order chi connectivity index (χ0) is 88.8. The first kappa shape index (κ1) is 96.1. The number of rotatable bonds is 7. The summed E-state index contributed by atoms with van der Waals surface area (Å²) in [6, 6.07) is 0. The average molecular weight is 1700 g/mol. The normalized spacial score (nSPS) is 52.2. The van der Waals surface area contributed by atoms with E-state index in [4.69, 9.17) is 0 Å². The number of unbranched alkanes of at least 4 members (excludes halogenated alkanes) is 1. The van der Waals surface area contributed by atoms with Crippen LogP contribution in [0, 0.1) is 259 Å². The van der Waals surface area contributed by atoms with E-state index in [1.54, 1.807) is 186 Å². The fraction of sp³-hybridized carbons (Fsp3) is 1.00. The first-order valence-corrected chi connectivity index (χ1v) is 57.3. The van der Waals surface area contributed by atoms with Crippen molar-refractivity contribution in [3.63, 3.8) is 0 Å². The maximum Gasteiger partial charge on any atom is -0.0220 e. The van der Waals surface area contributed by atoms with Crippen molar-refractivity contribution >= 4 is 0 Å². The quantitative estimate of drug-likeness (QED) is 0.238. The van der Waals surface area contributed by atoms with Crippen LogP contribution in [0.1, 0.15) is 516 Å². The molecule has 30 bridgehead atoms. The zero-order valence-corrected chi connectivity index (χ0v) is 88.8. The first-order valence-electron chi connectivity index (χ1n) is 57.3. The van der Waals surface area contributed by atoms with Crippen molar-refractivity contribution in [2.45, 2.75) is 516 Å². The minimum absolute atomic E-state index is 0.510. The topological polar surface area (TPSA) is 0 Å². The highest BCUT2D eigenvalue weighted by Gasteiger charge is 2.67. The van der Waals surface area contributed by atoms with Gasteiger partial charge < -0.3 is 0 Å². The Bertz CT molecular complexity index is 3360. The Labute approximate surface area is 769 Å². The Morgan fingerprint density at radius 3 is 0.878 bits per heavy atom. The van der Waals surface area contributed by atoms with Gasteiger partial charge in [0.05, 0.1) is 0 Å². The number of fused-ring (bicyclic) bond motifs is 10. The zero-order valence-electron chi connectivity index (χ0n) is 88.8. The van der Waals surface area contributed by atoms with E-state index in [1.165, 1.54) is 122 Å². The van der Waals surface area contributed by atoms with Crippen molar-refractivity contribution < 1.29 is 0 Å². The Kier molecular flexibility index (Phi) is 26.9. The van der Waals surface area contributed by atoms with Crippen LogP contribution in [0.5, 0.6) is 0 Å². The largest absolute Gasteiger partial charge is 0.0654 e. The summed E-state index contributed by atoms with van der Waals surface area (Å²) in [5, 5.41) is 0. The molecule has 0 aliphatic heterocycles. The van der Waals surface area contributed by atoms with Gasteiger partial charge in [-0.2, -0.15) is 0 Å². The molecule has 30 aliphatic carbocycles. The van der Waals surface area contributed by atoms with Crippen LogP contribution in [0.3, 0.4) is 0 Å². The van der Waals surface area contributed by atoms with Gasteiger partial charge in [0.25, 0.3) is 0 Å². The maximum absolute atomic E-state index is 2.63. The third-order valence-electron chi connectivity index (χ3n) is 53.3. The molecule has 0 N–H and O–H groups in total. The second kappa shape index (κ2) is 34.4. The lowest BCUT2D eigenvalue weighted by Gasteiger charge is -2.65. The van der Waals surface area contributed by atoms with Gasteiger partial charge in [0, 0.05) is 0 Å². The van der Waals surface area contributed by atoms with Crippen LogP contribution >= 0.6 is 0 Å². The lowest BCUT2D eigenvalue weighted by Crippen LogP contribution is -2.56. The van der Waals surface area contributed by atoms with Crippen molar-refractivity contribution in [2.24, 2.45) is 259 Å². The van der Waals surface area contributed by atoms with Gasteiger partial charge in [0.1, 0.15) is 0 Å². The highest BCUT2D eigenvalue weighted by atomic mass is 14.7. The van der Waals surface area contributed by atoms with Gasteiger partial charge in [-0.1, -0.05) is 253 Å². The number of hydrogen-bond donors (Lipinski definition) is 0. The molecule has 12 unspecified atom stereocenters. The van der Waals surface area contributed by atoms with E-state index in [9.17, 15) is 0 Å². The lowest BCUT2D eigenvalue weighted by molar-refractivity contribution is -0.153. The Hall–Kier alpha value is 0. The maximum atomic E-state index is 2.63. The van der Waals surface area contributed by atoms with E-state index < -0.39 is 0 Å². The summed E-state index contributed by atoms with van der Waals surface area (Å²) >= 11 is 0. The molecule has 0 heteroatoms. The molecule has 0 nitrogen and oxygen atoms in total. The SMILES string of the molecule is CC(C)(C)C1(C)C2CC3CC(C2)CC1C3.CC(C)C1(C)C2CC3CC(C2)CC1C3.CC(C)C1(C)CC2CCC1C2.CC1(C)C2CC3CC(C2)CC1C3.CC1(C)CC2CCC1(C)C2(C)C.CC1(C)CC2CCC1C2.CC12CCC(C1)C(C)(C)C2(C)C.CCC1(C)C2CC3CC(C2)CC1C3.CCC1(C)CC2CCC1C2.CCCCC1(C)C2CC3CC(C2)CC1C3. The van der Waals surface area contributed by atoms with E-state index in [-0.39, 0.29) is 0 Å². The highest BCUT2D eigenvalue weighted by molar-refractivity contribution is 5.17. The minimum atomic E-state index is 0.510. The molecule has 0 heterocycles. The molecule has 0 aromatic rings. The molecule has 0 aromatic carbocycles. The van der Waals surface area contributed by atoms with Gasteiger partial charge in [0.15, 0.2) is 0 Å². The smallest absolute Gasteiger partial charge is 0.0220 e. The van der Waals surface area contributed by atoms with Crippen LogP contribution < -0.4 is 0 Å².